The van der Waals surface area contributed by atoms with Gasteiger partial charge in [0.1, 0.15) is 6.54 Å². The molecule has 1 atom stereocenters. The fourth-order valence-corrected chi connectivity index (χ4v) is 2.60. The van der Waals surface area contributed by atoms with Crippen molar-refractivity contribution in [2.45, 2.75) is 65.8 Å². The lowest BCUT2D eigenvalue weighted by molar-refractivity contribution is -0.130. The second kappa shape index (κ2) is 12.8. The third kappa shape index (κ3) is 10.0. The Morgan fingerprint density at radius 2 is 1.78 bits per heavy atom. The SMILES string of the molecule is CCNC(=NCC(=O)N1CCCCC1)NC(C)CCC(C)C.I. The number of piperidine rings is 1. The van der Waals surface area contributed by atoms with Crippen molar-refractivity contribution in [3.8, 4) is 0 Å². The van der Waals surface area contributed by atoms with Gasteiger partial charge in [0.2, 0.25) is 5.91 Å². The maximum atomic E-state index is 12.2. The molecule has 1 heterocycles. The predicted molar refractivity (Wildman–Crippen MR) is 108 cm³/mol. The third-order valence-electron chi connectivity index (χ3n) is 3.99. The first-order chi connectivity index (χ1) is 10.5. The van der Waals surface area contributed by atoms with Crippen LogP contribution in [0.2, 0.25) is 0 Å². The summed E-state index contributed by atoms with van der Waals surface area (Å²) >= 11 is 0. The Balaban J connectivity index is 0.00000484. The molecule has 0 aromatic rings. The molecule has 5 nitrogen and oxygen atoms in total. The Morgan fingerprint density at radius 3 is 2.35 bits per heavy atom. The highest BCUT2D eigenvalue weighted by molar-refractivity contribution is 14.0. The lowest BCUT2D eigenvalue weighted by Crippen LogP contribution is -2.43. The highest BCUT2D eigenvalue weighted by Crippen LogP contribution is 2.09. The first kappa shape index (κ1) is 22.5. The third-order valence-corrected chi connectivity index (χ3v) is 3.99. The van der Waals surface area contributed by atoms with Crippen molar-refractivity contribution in [2.24, 2.45) is 10.9 Å². The monoisotopic (exact) mass is 438 g/mol. The molecule has 0 bridgehead atoms. The summed E-state index contributed by atoms with van der Waals surface area (Å²) in [5, 5.41) is 6.63. The summed E-state index contributed by atoms with van der Waals surface area (Å²) < 4.78 is 0. The van der Waals surface area contributed by atoms with E-state index >= 15 is 0 Å². The molecule has 6 heteroatoms. The van der Waals surface area contributed by atoms with E-state index < -0.39 is 0 Å². The Morgan fingerprint density at radius 1 is 1.13 bits per heavy atom. The molecule has 2 N–H and O–H groups in total. The number of hydrogen-bond acceptors (Lipinski definition) is 2. The lowest BCUT2D eigenvalue weighted by Gasteiger charge is -2.26. The molecule has 0 radical (unpaired) electrons. The summed E-state index contributed by atoms with van der Waals surface area (Å²) in [4.78, 5) is 18.6. The second-order valence-electron chi connectivity index (χ2n) is 6.65. The maximum Gasteiger partial charge on any atom is 0.244 e. The molecule has 0 saturated carbocycles. The maximum absolute atomic E-state index is 12.2. The van der Waals surface area contributed by atoms with Gasteiger partial charge in [0.25, 0.3) is 0 Å². The average molecular weight is 438 g/mol. The highest BCUT2D eigenvalue weighted by Gasteiger charge is 2.16. The number of carbonyl (C=O) groups excluding carboxylic acids is 1. The van der Waals surface area contributed by atoms with Crippen molar-refractivity contribution in [3.05, 3.63) is 0 Å². The van der Waals surface area contributed by atoms with Gasteiger partial charge >= 0.3 is 0 Å². The molecule has 1 aliphatic rings. The van der Waals surface area contributed by atoms with E-state index in [-0.39, 0.29) is 36.4 Å². The standard InChI is InChI=1S/C17H34N4O.HI/c1-5-18-17(20-15(4)10-9-14(2)3)19-13-16(22)21-11-7-6-8-12-21;/h14-15H,5-13H2,1-4H3,(H2,18,19,20);1H. The van der Waals surface area contributed by atoms with Crippen LogP contribution in [0.15, 0.2) is 4.99 Å². The minimum absolute atomic E-state index is 0. The molecule has 0 spiro atoms. The lowest BCUT2D eigenvalue weighted by atomic mass is 10.0. The number of nitrogens with one attached hydrogen (secondary N) is 2. The molecule has 1 unspecified atom stereocenters. The van der Waals surface area contributed by atoms with E-state index in [1.807, 2.05) is 11.8 Å². The van der Waals surface area contributed by atoms with Crippen molar-refractivity contribution in [1.29, 1.82) is 0 Å². The number of rotatable bonds is 7. The largest absolute Gasteiger partial charge is 0.357 e. The van der Waals surface area contributed by atoms with Gasteiger partial charge < -0.3 is 15.5 Å². The summed E-state index contributed by atoms with van der Waals surface area (Å²) in [6.07, 6.45) is 5.80. The first-order valence-corrected chi connectivity index (χ1v) is 8.85. The quantitative estimate of drug-likeness (QED) is 0.365. The van der Waals surface area contributed by atoms with E-state index in [1.54, 1.807) is 0 Å². The summed E-state index contributed by atoms with van der Waals surface area (Å²) in [6.45, 7) is 11.5. The molecule has 1 saturated heterocycles. The van der Waals surface area contributed by atoms with Crippen molar-refractivity contribution in [2.75, 3.05) is 26.2 Å². The predicted octanol–water partition coefficient (Wildman–Crippen LogP) is 3.00. The van der Waals surface area contributed by atoms with Gasteiger partial charge in [-0.25, -0.2) is 4.99 Å². The van der Waals surface area contributed by atoms with Gasteiger partial charge in [-0.15, -0.1) is 24.0 Å². The van der Waals surface area contributed by atoms with Gasteiger partial charge in [-0.2, -0.15) is 0 Å². The number of amides is 1. The van der Waals surface area contributed by atoms with Gasteiger partial charge in [0.05, 0.1) is 0 Å². The molecule has 1 fully saturated rings. The molecule has 0 aromatic carbocycles. The second-order valence-corrected chi connectivity index (χ2v) is 6.65. The van der Waals surface area contributed by atoms with Crippen LogP contribution in [0.25, 0.3) is 0 Å². The molecule has 0 aromatic heterocycles. The number of aliphatic imine (C=N–C) groups is 1. The summed E-state index contributed by atoms with van der Waals surface area (Å²) in [7, 11) is 0. The fourth-order valence-electron chi connectivity index (χ4n) is 2.60. The molecule has 1 amide bonds. The van der Waals surface area contributed by atoms with Gasteiger partial charge in [0.15, 0.2) is 5.96 Å². The zero-order valence-electron chi connectivity index (χ0n) is 15.2. The average Bonchev–Trinajstić information content (AvgIpc) is 2.51. The summed E-state index contributed by atoms with van der Waals surface area (Å²) in [5.74, 6) is 1.61. The van der Waals surface area contributed by atoms with Crippen LogP contribution < -0.4 is 10.6 Å². The summed E-state index contributed by atoms with van der Waals surface area (Å²) in [6, 6.07) is 0.366. The topological polar surface area (TPSA) is 56.7 Å². The number of hydrogen-bond donors (Lipinski definition) is 2. The molecular formula is C17H35IN4O. The van der Waals surface area contributed by atoms with Gasteiger partial charge in [-0.05, 0) is 51.9 Å². The number of halogens is 1. The minimum atomic E-state index is 0. The van der Waals surface area contributed by atoms with Crippen LogP contribution in [0.1, 0.15) is 59.8 Å². The first-order valence-electron chi connectivity index (χ1n) is 8.85. The number of guanidine groups is 1. The highest BCUT2D eigenvalue weighted by atomic mass is 127. The van der Waals surface area contributed by atoms with Crippen molar-refractivity contribution < 1.29 is 4.79 Å². The minimum Gasteiger partial charge on any atom is -0.357 e. The Hall–Kier alpha value is -0.530. The number of carbonyl (C=O) groups is 1. The van der Waals surface area contributed by atoms with E-state index in [0.717, 1.165) is 44.9 Å². The van der Waals surface area contributed by atoms with Crippen LogP contribution in [0.3, 0.4) is 0 Å². The van der Waals surface area contributed by atoms with Gasteiger partial charge in [0, 0.05) is 25.7 Å². The molecule has 136 valence electrons. The van der Waals surface area contributed by atoms with Crippen LogP contribution in [0.5, 0.6) is 0 Å². The van der Waals surface area contributed by atoms with E-state index in [9.17, 15) is 4.79 Å². The Labute approximate surface area is 159 Å². The zero-order chi connectivity index (χ0) is 16.4. The summed E-state index contributed by atoms with van der Waals surface area (Å²) in [5.41, 5.74) is 0. The molecule has 1 aliphatic heterocycles. The van der Waals surface area contributed by atoms with Crippen LogP contribution in [-0.4, -0.2) is 49.0 Å². The normalized spacial score (nSPS) is 16.7. The van der Waals surface area contributed by atoms with Crippen LogP contribution in [-0.2, 0) is 4.79 Å². The molecule has 23 heavy (non-hydrogen) atoms. The fraction of sp³-hybridized carbons (Fsp3) is 0.882. The van der Waals surface area contributed by atoms with Crippen molar-refractivity contribution in [3.63, 3.8) is 0 Å². The Bertz CT molecular complexity index is 355. The Kier molecular flexibility index (Phi) is 12.5. The van der Waals surface area contributed by atoms with E-state index in [0.29, 0.717) is 12.0 Å². The van der Waals surface area contributed by atoms with Crippen LogP contribution >= 0.6 is 24.0 Å². The van der Waals surface area contributed by atoms with Crippen LogP contribution in [0.4, 0.5) is 0 Å². The van der Waals surface area contributed by atoms with Gasteiger partial charge in [-0.1, -0.05) is 13.8 Å². The van der Waals surface area contributed by atoms with E-state index in [1.165, 1.54) is 12.8 Å². The van der Waals surface area contributed by atoms with E-state index in [4.69, 9.17) is 0 Å². The zero-order valence-corrected chi connectivity index (χ0v) is 17.6. The van der Waals surface area contributed by atoms with Crippen LogP contribution in [0, 0.1) is 5.92 Å². The smallest absolute Gasteiger partial charge is 0.244 e. The molecule has 1 rings (SSSR count). The van der Waals surface area contributed by atoms with Crippen molar-refractivity contribution in [1.82, 2.24) is 15.5 Å². The molecule has 0 aliphatic carbocycles. The van der Waals surface area contributed by atoms with E-state index in [2.05, 4.69) is 36.4 Å². The number of likely N-dealkylation sites (tertiary alicyclic amines) is 1. The van der Waals surface area contributed by atoms with Crippen molar-refractivity contribution >= 4 is 35.8 Å². The molecular weight excluding hydrogens is 403 g/mol. The number of nitrogens with zero attached hydrogens (tertiary/aromatic N) is 2. The van der Waals surface area contributed by atoms with Gasteiger partial charge in [-0.3, -0.25) is 4.79 Å².